The maximum absolute atomic E-state index is 13.4. The predicted molar refractivity (Wildman–Crippen MR) is 125 cm³/mol. The van der Waals surface area contributed by atoms with Crippen molar-refractivity contribution in [3.8, 4) is 0 Å². The average Bonchev–Trinajstić information content (AvgIpc) is 2.87. The number of hydrogen-bond donors (Lipinski definition) is 1. The fourth-order valence-electron chi connectivity index (χ4n) is 4.06. The summed E-state index contributed by atoms with van der Waals surface area (Å²) in [5.41, 5.74) is 3.06. The number of sulfonamides is 1. The van der Waals surface area contributed by atoms with Gasteiger partial charge in [-0.15, -0.1) is 0 Å². The smallest absolute Gasteiger partial charge is 0.241 e. The second kappa shape index (κ2) is 11.1. The van der Waals surface area contributed by atoms with Gasteiger partial charge in [-0.1, -0.05) is 53.7 Å². The summed E-state index contributed by atoms with van der Waals surface area (Å²) in [7, 11) is -3.57. The molecule has 0 spiro atoms. The van der Waals surface area contributed by atoms with Crippen LogP contribution in [0.1, 0.15) is 95.8 Å². The van der Waals surface area contributed by atoms with Crippen molar-refractivity contribution in [3.05, 3.63) is 28.8 Å². The van der Waals surface area contributed by atoms with Crippen molar-refractivity contribution in [3.63, 3.8) is 0 Å². The summed E-state index contributed by atoms with van der Waals surface area (Å²) in [6, 6.07) is 4.18. The van der Waals surface area contributed by atoms with Crippen LogP contribution in [0.3, 0.4) is 0 Å². The van der Waals surface area contributed by atoms with Crippen LogP contribution in [0.5, 0.6) is 0 Å². The van der Waals surface area contributed by atoms with Crippen molar-refractivity contribution in [1.29, 1.82) is 0 Å². The molecule has 0 bridgehead atoms. The van der Waals surface area contributed by atoms with E-state index in [4.69, 9.17) is 4.74 Å². The van der Waals surface area contributed by atoms with Crippen LogP contribution < -0.4 is 4.72 Å². The van der Waals surface area contributed by atoms with E-state index in [1.54, 1.807) is 0 Å². The Morgan fingerprint density at radius 2 is 1.67 bits per heavy atom. The normalized spacial score (nSPS) is 19.1. The molecule has 1 atom stereocenters. The molecule has 0 aliphatic carbocycles. The second-order valence-electron chi connectivity index (χ2n) is 9.58. The van der Waals surface area contributed by atoms with E-state index < -0.39 is 10.0 Å². The number of nitrogens with one attached hydrogen (secondary N) is 1. The molecule has 1 heterocycles. The van der Waals surface area contributed by atoms with E-state index in [1.807, 2.05) is 0 Å². The molecule has 0 saturated carbocycles. The van der Waals surface area contributed by atoms with E-state index in [0.717, 1.165) is 50.2 Å². The zero-order chi connectivity index (χ0) is 22.5. The molecule has 0 radical (unpaired) electrons. The minimum atomic E-state index is -3.57. The minimum absolute atomic E-state index is 0.145. The number of nitrogens with zero attached hydrogens (tertiary/aromatic N) is 1. The average molecular weight is 439 g/mol. The van der Waals surface area contributed by atoms with Crippen molar-refractivity contribution in [2.75, 3.05) is 32.8 Å². The Kier molecular flexibility index (Phi) is 9.34. The molecule has 1 aliphatic heterocycles. The molecule has 1 saturated heterocycles. The van der Waals surface area contributed by atoms with Crippen LogP contribution in [0, 0.1) is 0 Å². The number of ether oxygens (including phenoxy) is 1. The third kappa shape index (κ3) is 6.78. The monoisotopic (exact) mass is 438 g/mol. The van der Waals surface area contributed by atoms with E-state index in [1.165, 1.54) is 5.56 Å². The molecule has 1 fully saturated rings. The van der Waals surface area contributed by atoms with Gasteiger partial charge in [0.1, 0.15) is 0 Å². The molecule has 1 aromatic rings. The molecule has 1 unspecified atom stereocenters. The van der Waals surface area contributed by atoms with E-state index in [9.17, 15) is 8.42 Å². The van der Waals surface area contributed by atoms with Gasteiger partial charge in [0.2, 0.25) is 10.0 Å². The molecule has 1 N–H and O–H groups in total. The van der Waals surface area contributed by atoms with Gasteiger partial charge in [0, 0.05) is 26.2 Å². The molecule has 6 heteroatoms. The highest BCUT2D eigenvalue weighted by atomic mass is 32.2. The molecule has 30 heavy (non-hydrogen) atoms. The van der Waals surface area contributed by atoms with E-state index in [0.29, 0.717) is 17.4 Å². The maximum Gasteiger partial charge on any atom is 0.241 e. The highest BCUT2D eigenvalue weighted by Gasteiger charge is 2.26. The third-order valence-corrected chi connectivity index (χ3v) is 7.42. The Balaban J connectivity index is 2.17. The Morgan fingerprint density at radius 1 is 1.07 bits per heavy atom. The van der Waals surface area contributed by atoms with Crippen LogP contribution >= 0.6 is 0 Å². The Hall–Kier alpha value is -0.950. The minimum Gasteiger partial charge on any atom is -0.377 e. The maximum atomic E-state index is 13.4. The molecule has 1 aromatic carbocycles. The summed E-state index contributed by atoms with van der Waals surface area (Å²) in [6.45, 7) is 18.8. The van der Waals surface area contributed by atoms with Gasteiger partial charge < -0.3 is 9.64 Å². The Bertz CT molecular complexity index is 759. The first-order valence-electron chi connectivity index (χ1n) is 11.5. The number of benzene rings is 1. The summed E-state index contributed by atoms with van der Waals surface area (Å²) in [4.78, 5) is 2.87. The Morgan fingerprint density at radius 3 is 2.20 bits per heavy atom. The second-order valence-corrected chi connectivity index (χ2v) is 11.3. The standard InChI is InChI=1S/C24H42N2O3S/c1-17(2)21-14-22(18(3)4)24(23(15-21)19(5)6)30(27,28)25-10-8-11-26-12-9-13-29-20(7)16-26/h14-15,17-20,25H,8-13,16H2,1-7H3. The first-order valence-corrected chi connectivity index (χ1v) is 13.0. The molecule has 0 amide bonds. The largest absolute Gasteiger partial charge is 0.377 e. The van der Waals surface area contributed by atoms with Gasteiger partial charge in [-0.2, -0.15) is 0 Å². The van der Waals surface area contributed by atoms with Crippen LogP contribution in [0.25, 0.3) is 0 Å². The predicted octanol–water partition coefficient (Wildman–Crippen LogP) is 4.84. The lowest BCUT2D eigenvalue weighted by atomic mass is 9.89. The Labute approximate surface area is 184 Å². The van der Waals surface area contributed by atoms with Gasteiger partial charge in [0.15, 0.2) is 0 Å². The van der Waals surface area contributed by atoms with Gasteiger partial charge in [0.05, 0.1) is 11.0 Å². The van der Waals surface area contributed by atoms with Gasteiger partial charge in [-0.25, -0.2) is 13.1 Å². The number of hydrogen-bond acceptors (Lipinski definition) is 4. The van der Waals surface area contributed by atoms with Crippen LogP contribution in [0.15, 0.2) is 17.0 Å². The summed E-state index contributed by atoms with van der Waals surface area (Å²) in [5.74, 6) is 0.655. The molecule has 2 rings (SSSR count). The SMILES string of the molecule is CC1CN(CCCNS(=O)(=O)c2c(C(C)C)cc(C(C)C)cc2C(C)C)CCCO1. The molecule has 0 aromatic heterocycles. The van der Waals surface area contributed by atoms with Gasteiger partial charge >= 0.3 is 0 Å². The molecular formula is C24H42N2O3S. The lowest BCUT2D eigenvalue weighted by Gasteiger charge is -2.24. The van der Waals surface area contributed by atoms with Crippen LogP contribution in [0.4, 0.5) is 0 Å². The summed E-state index contributed by atoms with van der Waals surface area (Å²) in [6.07, 6.45) is 2.07. The first-order chi connectivity index (χ1) is 14.0. The molecule has 172 valence electrons. The zero-order valence-corrected chi connectivity index (χ0v) is 20.8. The van der Waals surface area contributed by atoms with Crippen molar-refractivity contribution < 1.29 is 13.2 Å². The van der Waals surface area contributed by atoms with Crippen molar-refractivity contribution in [2.24, 2.45) is 0 Å². The lowest BCUT2D eigenvalue weighted by Crippen LogP contribution is -2.34. The van der Waals surface area contributed by atoms with Crippen LogP contribution in [0.2, 0.25) is 0 Å². The topological polar surface area (TPSA) is 58.6 Å². The molecule has 5 nitrogen and oxygen atoms in total. The third-order valence-electron chi connectivity index (χ3n) is 5.83. The van der Waals surface area contributed by atoms with E-state index in [2.05, 4.69) is 70.2 Å². The molecule has 1 aliphatic rings. The summed E-state index contributed by atoms with van der Waals surface area (Å²) < 4.78 is 35.3. The summed E-state index contributed by atoms with van der Waals surface area (Å²) >= 11 is 0. The fourth-order valence-corrected chi connectivity index (χ4v) is 5.83. The highest BCUT2D eigenvalue weighted by molar-refractivity contribution is 7.89. The zero-order valence-electron chi connectivity index (χ0n) is 20.0. The highest BCUT2D eigenvalue weighted by Crippen LogP contribution is 2.35. The lowest BCUT2D eigenvalue weighted by molar-refractivity contribution is 0.0677. The van der Waals surface area contributed by atoms with Crippen molar-refractivity contribution in [2.45, 2.75) is 90.1 Å². The van der Waals surface area contributed by atoms with E-state index >= 15 is 0 Å². The van der Waals surface area contributed by atoms with Gasteiger partial charge in [-0.05, 0) is 60.8 Å². The van der Waals surface area contributed by atoms with E-state index in [-0.39, 0.29) is 17.9 Å². The van der Waals surface area contributed by atoms with Gasteiger partial charge in [-0.3, -0.25) is 0 Å². The quantitative estimate of drug-likeness (QED) is 0.561. The van der Waals surface area contributed by atoms with Gasteiger partial charge in [0.25, 0.3) is 0 Å². The summed E-state index contributed by atoms with van der Waals surface area (Å²) in [5, 5.41) is 0. The first kappa shape index (κ1) is 25.3. The van der Waals surface area contributed by atoms with Crippen molar-refractivity contribution >= 4 is 10.0 Å². The van der Waals surface area contributed by atoms with Crippen LogP contribution in [-0.4, -0.2) is 52.2 Å². The number of rotatable bonds is 9. The van der Waals surface area contributed by atoms with Crippen molar-refractivity contribution in [1.82, 2.24) is 9.62 Å². The molecular weight excluding hydrogens is 396 g/mol. The van der Waals surface area contributed by atoms with Crippen LogP contribution in [-0.2, 0) is 14.8 Å². The fraction of sp³-hybridized carbons (Fsp3) is 0.750.